The minimum absolute atomic E-state index is 0.253. The Kier molecular flexibility index (Phi) is 10.7. The fraction of sp³-hybridized carbons (Fsp3) is 0.200. The van der Waals surface area contributed by atoms with E-state index >= 15 is 0 Å². The largest absolute Gasteiger partial charge is 0.310 e. The Bertz CT molecular complexity index is 1270. The monoisotopic (exact) mass is 606 g/mol. The third-order valence-corrected chi connectivity index (χ3v) is 6.22. The molecular weight excluding hydrogens is 585 g/mol. The highest BCUT2D eigenvalue weighted by Gasteiger charge is 2.29. The minimum Gasteiger partial charge on any atom is -0.310 e. The van der Waals surface area contributed by atoms with E-state index in [1.165, 1.54) is 46.9 Å². The smallest absolute Gasteiger partial charge is 0.269 e. The van der Waals surface area contributed by atoms with Gasteiger partial charge in [-0.05, 0) is 53.5 Å². The number of hydrogen-bond acceptors (Lipinski definition) is 4. The van der Waals surface area contributed by atoms with E-state index < -0.39 is 5.54 Å². The van der Waals surface area contributed by atoms with Crippen LogP contribution in [-0.4, -0.2) is 14.9 Å². The van der Waals surface area contributed by atoms with E-state index in [2.05, 4.69) is 42.2 Å². The van der Waals surface area contributed by atoms with E-state index in [4.69, 9.17) is 13.1 Å². The maximum absolute atomic E-state index is 12.8. The highest BCUT2D eigenvalue weighted by Crippen LogP contribution is 2.31. The van der Waals surface area contributed by atoms with Crippen molar-refractivity contribution in [3.63, 3.8) is 0 Å². The average Bonchev–Trinajstić information content (AvgIpc) is 3.53. The standard InChI is InChI=1S/C13H11FN2S.C11H7FN2S.CH3I/c1-13(2,15-3)11-8-17-12(16-11)9-4-6-10(14)7-5-9;1-13-6-10-7-15-11(14-10)8-2-4-9(12)5-3-8;1-2/h4-8H,1-2H3;2-5,7H,6H2;1H3. The molecule has 0 N–H and O–H groups in total. The molecule has 0 atom stereocenters. The van der Waals surface area contributed by atoms with Crippen molar-refractivity contribution in [1.29, 1.82) is 0 Å². The summed E-state index contributed by atoms with van der Waals surface area (Å²) in [6.45, 7) is 17.8. The number of nitrogens with zero attached hydrogens (tertiary/aromatic N) is 4. The van der Waals surface area contributed by atoms with E-state index in [0.717, 1.165) is 32.5 Å². The van der Waals surface area contributed by atoms with Crippen LogP contribution in [0, 0.1) is 24.8 Å². The van der Waals surface area contributed by atoms with Gasteiger partial charge >= 0.3 is 0 Å². The molecule has 0 radical (unpaired) electrons. The lowest BCUT2D eigenvalue weighted by Gasteiger charge is -2.06. The molecule has 174 valence electrons. The summed E-state index contributed by atoms with van der Waals surface area (Å²) in [6, 6.07) is 12.4. The fourth-order valence-electron chi connectivity index (χ4n) is 2.52. The zero-order valence-electron chi connectivity index (χ0n) is 18.7. The van der Waals surface area contributed by atoms with Gasteiger partial charge in [0.05, 0.1) is 0 Å². The molecule has 0 amide bonds. The van der Waals surface area contributed by atoms with Crippen molar-refractivity contribution in [3.8, 4) is 21.1 Å². The van der Waals surface area contributed by atoms with E-state index in [1.54, 1.807) is 24.3 Å². The molecule has 0 aliphatic heterocycles. The molecule has 0 saturated carbocycles. The molecule has 0 saturated heterocycles. The Hall–Kier alpha value is -2.73. The first-order chi connectivity index (χ1) is 16.3. The van der Waals surface area contributed by atoms with E-state index in [1.807, 2.05) is 29.5 Å². The van der Waals surface area contributed by atoms with Crippen LogP contribution in [0.3, 0.4) is 0 Å². The third kappa shape index (κ3) is 7.66. The van der Waals surface area contributed by atoms with Crippen molar-refractivity contribution in [1.82, 2.24) is 9.97 Å². The molecule has 0 fully saturated rings. The number of rotatable bonds is 4. The van der Waals surface area contributed by atoms with Crippen LogP contribution in [-0.2, 0) is 12.1 Å². The summed E-state index contributed by atoms with van der Waals surface area (Å²) in [7, 11) is 0. The van der Waals surface area contributed by atoms with Gasteiger partial charge in [0.2, 0.25) is 0 Å². The SMILES string of the molecule is CI.[C-]#[N+]C(C)(C)c1csc(-c2ccc(F)cc2)n1.[C-]#[N+]Cc1csc(-c2ccc(F)cc2)n1. The maximum Gasteiger partial charge on any atom is 0.269 e. The van der Waals surface area contributed by atoms with Crippen molar-refractivity contribution in [3.05, 3.63) is 105 Å². The van der Waals surface area contributed by atoms with E-state index in [9.17, 15) is 8.78 Å². The van der Waals surface area contributed by atoms with Gasteiger partial charge in [0.25, 0.3) is 12.1 Å². The van der Waals surface area contributed by atoms with Crippen LogP contribution in [0.25, 0.3) is 30.8 Å². The Balaban J connectivity index is 0.000000225. The van der Waals surface area contributed by atoms with Crippen LogP contribution in [0.4, 0.5) is 8.78 Å². The normalized spacial score (nSPS) is 10.1. The van der Waals surface area contributed by atoms with Crippen molar-refractivity contribution in [2.75, 3.05) is 4.93 Å². The number of halogens is 3. The first-order valence-corrected chi connectivity index (χ1v) is 13.8. The van der Waals surface area contributed by atoms with Crippen molar-refractivity contribution >= 4 is 45.3 Å². The van der Waals surface area contributed by atoms with Crippen LogP contribution in [0.5, 0.6) is 0 Å². The molecule has 4 nitrogen and oxygen atoms in total. The van der Waals surface area contributed by atoms with Gasteiger partial charge in [-0.3, -0.25) is 0 Å². The van der Waals surface area contributed by atoms with Gasteiger partial charge in [-0.1, -0.05) is 22.6 Å². The van der Waals surface area contributed by atoms with Crippen molar-refractivity contribution in [2.24, 2.45) is 0 Å². The molecule has 0 spiro atoms. The summed E-state index contributed by atoms with van der Waals surface area (Å²) in [5.74, 6) is -0.510. The summed E-state index contributed by atoms with van der Waals surface area (Å²) >= 11 is 5.10. The maximum atomic E-state index is 12.8. The molecule has 4 rings (SSSR count). The first-order valence-electron chi connectivity index (χ1n) is 9.84. The van der Waals surface area contributed by atoms with Crippen molar-refractivity contribution in [2.45, 2.75) is 25.9 Å². The lowest BCUT2D eigenvalue weighted by atomic mass is 10.0. The summed E-state index contributed by atoms with van der Waals surface area (Å²) in [5, 5.41) is 5.39. The highest BCUT2D eigenvalue weighted by molar-refractivity contribution is 14.1. The molecule has 34 heavy (non-hydrogen) atoms. The Morgan fingerprint density at radius 2 is 1.29 bits per heavy atom. The predicted octanol–water partition coefficient (Wildman–Crippen LogP) is 8.52. The molecular formula is C25H21F2IN4S2. The van der Waals surface area contributed by atoms with E-state index in [0.29, 0.717) is 6.54 Å². The Labute approximate surface area is 220 Å². The number of aromatic nitrogens is 2. The lowest BCUT2D eigenvalue weighted by Crippen LogP contribution is -2.11. The number of alkyl halides is 1. The van der Waals surface area contributed by atoms with Crippen LogP contribution >= 0.6 is 45.3 Å². The summed E-state index contributed by atoms with van der Waals surface area (Å²) in [5.41, 5.74) is 2.70. The molecule has 4 aromatic rings. The lowest BCUT2D eigenvalue weighted by molar-refractivity contribution is 0.627. The van der Waals surface area contributed by atoms with E-state index in [-0.39, 0.29) is 11.6 Å². The molecule has 9 heteroatoms. The van der Waals surface area contributed by atoms with Gasteiger partial charge in [-0.15, -0.1) is 22.7 Å². The summed E-state index contributed by atoms with van der Waals surface area (Å²) in [6.07, 6.45) is 0. The molecule has 0 aliphatic rings. The number of benzene rings is 2. The van der Waals surface area contributed by atoms with Crippen LogP contribution in [0.2, 0.25) is 0 Å². The van der Waals surface area contributed by atoms with Crippen LogP contribution in [0.15, 0.2) is 59.3 Å². The second kappa shape index (κ2) is 13.2. The second-order valence-electron chi connectivity index (χ2n) is 7.18. The first kappa shape index (κ1) is 27.5. The molecule has 2 aromatic heterocycles. The van der Waals surface area contributed by atoms with Gasteiger partial charge < -0.3 is 9.69 Å². The third-order valence-electron chi connectivity index (χ3n) is 4.39. The molecule has 0 unspecified atom stereocenters. The zero-order chi connectivity index (χ0) is 25.1. The zero-order valence-corrected chi connectivity index (χ0v) is 22.5. The topological polar surface area (TPSA) is 34.5 Å². The molecule has 0 bridgehead atoms. The predicted molar refractivity (Wildman–Crippen MR) is 145 cm³/mol. The van der Waals surface area contributed by atoms with Crippen LogP contribution in [0.1, 0.15) is 25.2 Å². The van der Waals surface area contributed by atoms with Crippen LogP contribution < -0.4 is 0 Å². The second-order valence-corrected chi connectivity index (χ2v) is 8.90. The summed E-state index contributed by atoms with van der Waals surface area (Å²) < 4.78 is 25.5. The van der Waals surface area contributed by atoms with Gasteiger partial charge in [-0.25, -0.2) is 31.9 Å². The fourth-order valence-corrected chi connectivity index (χ4v) is 4.33. The Morgan fingerprint density at radius 3 is 1.76 bits per heavy atom. The van der Waals surface area contributed by atoms with Gasteiger partial charge in [0, 0.05) is 35.7 Å². The van der Waals surface area contributed by atoms with Gasteiger partial charge in [0.1, 0.15) is 33.0 Å². The van der Waals surface area contributed by atoms with Gasteiger partial charge in [0.15, 0.2) is 0 Å². The molecule has 2 aromatic carbocycles. The Morgan fingerprint density at radius 1 is 0.824 bits per heavy atom. The van der Waals surface area contributed by atoms with Crippen molar-refractivity contribution < 1.29 is 8.78 Å². The molecule has 0 aliphatic carbocycles. The molecule has 2 heterocycles. The quantitative estimate of drug-likeness (QED) is 0.133. The van der Waals surface area contributed by atoms with Gasteiger partial charge in [-0.2, -0.15) is 0 Å². The summed E-state index contributed by atoms with van der Waals surface area (Å²) in [4.78, 5) is 17.5. The highest BCUT2D eigenvalue weighted by atomic mass is 127. The minimum atomic E-state index is -0.602. The number of hydrogen-bond donors (Lipinski definition) is 0. The average molecular weight is 607 g/mol. The number of thiazole rings is 2.